The van der Waals surface area contributed by atoms with Gasteiger partial charge in [0.15, 0.2) is 0 Å². The number of amides is 2. The van der Waals surface area contributed by atoms with Gasteiger partial charge < -0.3 is 15.5 Å². The Kier molecular flexibility index (Phi) is 7.35. The summed E-state index contributed by atoms with van der Waals surface area (Å²) in [5, 5.41) is 5.63. The number of carbonyl (C=O) groups excluding carboxylic acids is 2. The molecule has 0 saturated carbocycles. The Bertz CT molecular complexity index is 420. The van der Waals surface area contributed by atoms with Gasteiger partial charge in [0.2, 0.25) is 11.8 Å². The summed E-state index contributed by atoms with van der Waals surface area (Å²) in [5.74, 6) is -0.169. The van der Waals surface area contributed by atoms with E-state index in [1.807, 2.05) is 37.4 Å². The van der Waals surface area contributed by atoms with Gasteiger partial charge in [-0.05, 0) is 25.6 Å². The summed E-state index contributed by atoms with van der Waals surface area (Å²) >= 11 is 0. The van der Waals surface area contributed by atoms with Crippen molar-refractivity contribution in [3.8, 4) is 0 Å². The smallest absolute Gasteiger partial charge is 0.242 e. The lowest BCUT2D eigenvalue weighted by molar-refractivity contribution is -0.132. The minimum absolute atomic E-state index is 0.0573. The van der Waals surface area contributed by atoms with Gasteiger partial charge in [0, 0.05) is 20.0 Å². The molecule has 5 heteroatoms. The van der Waals surface area contributed by atoms with E-state index in [1.54, 1.807) is 11.9 Å². The van der Waals surface area contributed by atoms with Gasteiger partial charge in [-0.2, -0.15) is 0 Å². The van der Waals surface area contributed by atoms with E-state index in [4.69, 9.17) is 0 Å². The highest BCUT2D eigenvalue weighted by atomic mass is 16.2. The highest BCUT2D eigenvalue weighted by Crippen LogP contribution is 2.02. The third-order valence-corrected chi connectivity index (χ3v) is 2.96. The topological polar surface area (TPSA) is 61.4 Å². The molecule has 0 aliphatic rings. The number of nitrogens with zero attached hydrogens (tertiary/aromatic N) is 1. The van der Waals surface area contributed by atoms with Gasteiger partial charge in [-0.1, -0.05) is 30.3 Å². The van der Waals surface area contributed by atoms with Crippen molar-refractivity contribution in [2.24, 2.45) is 0 Å². The number of hydrogen-bond acceptors (Lipinski definition) is 3. The van der Waals surface area contributed by atoms with Crippen LogP contribution in [0.25, 0.3) is 0 Å². The second kappa shape index (κ2) is 9.09. The van der Waals surface area contributed by atoms with Crippen LogP contribution in [-0.4, -0.2) is 43.9 Å². The van der Waals surface area contributed by atoms with E-state index in [9.17, 15) is 9.59 Å². The number of nitrogens with one attached hydrogen (secondary N) is 2. The fourth-order valence-corrected chi connectivity index (χ4v) is 1.77. The van der Waals surface area contributed by atoms with Crippen molar-refractivity contribution in [1.82, 2.24) is 15.5 Å². The van der Waals surface area contributed by atoms with Crippen LogP contribution in [0.5, 0.6) is 0 Å². The maximum absolute atomic E-state index is 11.9. The molecule has 0 unspecified atom stereocenters. The summed E-state index contributed by atoms with van der Waals surface area (Å²) in [4.78, 5) is 25.0. The summed E-state index contributed by atoms with van der Waals surface area (Å²) in [6, 6.07) is 9.77. The molecule has 20 heavy (non-hydrogen) atoms. The van der Waals surface area contributed by atoms with Gasteiger partial charge in [0.1, 0.15) is 0 Å². The zero-order valence-corrected chi connectivity index (χ0v) is 12.2. The quantitative estimate of drug-likeness (QED) is 0.690. The van der Waals surface area contributed by atoms with Crippen LogP contribution in [0.3, 0.4) is 0 Å². The summed E-state index contributed by atoms with van der Waals surface area (Å²) in [6.07, 6.45) is 1.22. The second-order valence-electron chi connectivity index (χ2n) is 4.72. The highest BCUT2D eigenvalue weighted by Gasteiger charge is 2.10. The SMILES string of the molecule is CNCCCC(=O)NCC(=O)N(C)Cc1ccccc1. The predicted molar refractivity (Wildman–Crippen MR) is 79.1 cm³/mol. The van der Waals surface area contributed by atoms with Crippen LogP contribution in [0, 0.1) is 0 Å². The molecule has 0 spiro atoms. The van der Waals surface area contributed by atoms with Crippen molar-refractivity contribution in [2.75, 3.05) is 27.2 Å². The molecule has 0 fully saturated rings. The first-order valence-electron chi connectivity index (χ1n) is 6.82. The van der Waals surface area contributed by atoms with E-state index >= 15 is 0 Å². The average molecular weight is 277 g/mol. The number of likely N-dealkylation sites (N-methyl/N-ethyl adjacent to an activating group) is 1. The molecule has 0 radical (unpaired) electrons. The van der Waals surface area contributed by atoms with Crippen molar-refractivity contribution >= 4 is 11.8 Å². The lowest BCUT2D eigenvalue weighted by Crippen LogP contribution is -2.37. The molecule has 5 nitrogen and oxygen atoms in total. The van der Waals surface area contributed by atoms with Crippen LogP contribution in [0.15, 0.2) is 30.3 Å². The molecule has 1 aromatic rings. The van der Waals surface area contributed by atoms with Crippen molar-refractivity contribution in [1.29, 1.82) is 0 Å². The Balaban J connectivity index is 2.26. The Morgan fingerprint density at radius 1 is 1.20 bits per heavy atom. The van der Waals surface area contributed by atoms with Crippen LogP contribution in [0.1, 0.15) is 18.4 Å². The van der Waals surface area contributed by atoms with Crippen LogP contribution in [-0.2, 0) is 16.1 Å². The van der Waals surface area contributed by atoms with E-state index in [2.05, 4.69) is 10.6 Å². The number of rotatable bonds is 8. The molecule has 0 bridgehead atoms. The summed E-state index contributed by atoms with van der Waals surface area (Å²) in [7, 11) is 3.59. The number of hydrogen-bond donors (Lipinski definition) is 2. The largest absolute Gasteiger partial charge is 0.347 e. The molecule has 2 amide bonds. The van der Waals surface area contributed by atoms with Crippen molar-refractivity contribution in [2.45, 2.75) is 19.4 Å². The fraction of sp³-hybridized carbons (Fsp3) is 0.467. The molecule has 0 aliphatic heterocycles. The van der Waals surface area contributed by atoms with E-state index in [0.29, 0.717) is 13.0 Å². The highest BCUT2D eigenvalue weighted by molar-refractivity contribution is 5.84. The van der Waals surface area contributed by atoms with Gasteiger partial charge in [0.05, 0.1) is 6.54 Å². The van der Waals surface area contributed by atoms with Crippen LogP contribution in [0.4, 0.5) is 0 Å². The van der Waals surface area contributed by atoms with Gasteiger partial charge in [0.25, 0.3) is 0 Å². The number of carbonyl (C=O) groups is 2. The first-order chi connectivity index (χ1) is 9.63. The molecule has 0 saturated heterocycles. The van der Waals surface area contributed by atoms with Crippen LogP contribution < -0.4 is 10.6 Å². The molecule has 0 atom stereocenters. The van der Waals surface area contributed by atoms with Crippen LogP contribution >= 0.6 is 0 Å². The minimum atomic E-state index is -0.0872. The van der Waals surface area contributed by atoms with E-state index in [1.165, 1.54) is 0 Å². The Labute approximate surface area is 120 Å². The Hall–Kier alpha value is -1.88. The van der Waals surface area contributed by atoms with E-state index in [0.717, 1.165) is 18.5 Å². The standard InChI is InChI=1S/C15H23N3O2/c1-16-10-6-9-14(19)17-11-15(20)18(2)12-13-7-4-3-5-8-13/h3-5,7-8,16H,6,9-12H2,1-2H3,(H,17,19). The maximum atomic E-state index is 11.9. The molecule has 0 aliphatic carbocycles. The monoisotopic (exact) mass is 277 g/mol. The molecule has 0 aromatic heterocycles. The molecule has 0 heterocycles. The summed E-state index contributed by atoms with van der Waals surface area (Å²) < 4.78 is 0. The molecular formula is C15H23N3O2. The Morgan fingerprint density at radius 3 is 2.55 bits per heavy atom. The van der Waals surface area contributed by atoms with Crippen LogP contribution in [0.2, 0.25) is 0 Å². The van der Waals surface area contributed by atoms with Gasteiger partial charge >= 0.3 is 0 Å². The zero-order chi connectivity index (χ0) is 14.8. The first-order valence-corrected chi connectivity index (χ1v) is 6.82. The van der Waals surface area contributed by atoms with Gasteiger partial charge in [-0.3, -0.25) is 9.59 Å². The average Bonchev–Trinajstić information content (AvgIpc) is 2.46. The van der Waals surface area contributed by atoms with E-state index < -0.39 is 0 Å². The summed E-state index contributed by atoms with van der Waals surface area (Å²) in [6.45, 7) is 1.41. The molecular weight excluding hydrogens is 254 g/mol. The van der Waals surface area contributed by atoms with Gasteiger partial charge in [-0.15, -0.1) is 0 Å². The van der Waals surface area contributed by atoms with Gasteiger partial charge in [-0.25, -0.2) is 0 Å². The first kappa shape index (κ1) is 16.2. The van der Waals surface area contributed by atoms with Crippen molar-refractivity contribution in [3.05, 3.63) is 35.9 Å². The predicted octanol–water partition coefficient (Wildman–Crippen LogP) is 0.761. The third kappa shape index (κ3) is 6.33. The van der Waals surface area contributed by atoms with Crippen molar-refractivity contribution < 1.29 is 9.59 Å². The molecule has 1 aromatic carbocycles. The lowest BCUT2D eigenvalue weighted by Gasteiger charge is -2.17. The normalized spacial score (nSPS) is 10.1. The van der Waals surface area contributed by atoms with Crippen molar-refractivity contribution in [3.63, 3.8) is 0 Å². The molecule has 110 valence electrons. The lowest BCUT2D eigenvalue weighted by atomic mass is 10.2. The zero-order valence-electron chi connectivity index (χ0n) is 12.2. The minimum Gasteiger partial charge on any atom is -0.347 e. The van der Waals surface area contributed by atoms with E-state index in [-0.39, 0.29) is 18.4 Å². The number of benzene rings is 1. The third-order valence-electron chi connectivity index (χ3n) is 2.96. The summed E-state index contributed by atoms with van der Waals surface area (Å²) in [5.41, 5.74) is 1.07. The second-order valence-corrected chi connectivity index (χ2v) is 4.72. The Morgan fingerprint density at radius 2 is 1.90 bits per heavy atom. The molecule has 2 N–H and O–H groups in total. The molecule has 1 rings (SSSR count). The fourth-order valence-electron chi connectivity index (χ4n) is 1.77. The maximum Gasteiger partial charge on any atom is 0.242 e.